The Bertz CT molecular complexity index is 729. The lowest BCUT2D eigenvalue weighted by molar-refractivity contribution is 0.602. The summed E-state index contributed by atoms with van der Waals surface area (Å²) < 4.78 is 29.1. The molecule has 0 saturated carbocycles. The number of halogens is 3. The number of benzene rings is 2. The van der Waals surface area contributed by atoms with E-state index in [0.29, 0.717) is 16.0 Å². The minimum atomic E-state index is -0.356. The lowest BCUT2D eigenvalue weighted by Crippen LogP contribution is -2.01. The van der Waals surface area contributed by atoms with Gasteiger partial charge in [0.25, 0.3) is 0 Å². The van der Waals surface area contributed by atoms with Gasteiger partial charge >= 0.3 is 0 Å². The van der Waals surface area contributed by atoms with Crippen molar-refractivity contribution in [1.82, 2.24) is 4.57 Å². The van der Waals surface area contributed by atoms with Gasteiger partial charge in [-0.05, 0) is 30.3 Å². The fourth-order valence-electron chi connectivity index (χ4n) is 2.18. The van der Waals surface area contributed by atoms with Crippen molar-refractivity contribution in [3.63, 3.8) is 0 Å². The average molecular weight is 278 g/mol. The molecule has 0 fully saturated rings. The monoisotopic (exact) mass is 277 g/mol. The molecule has 0 unspecified atom stereocenters. The van der Waals surface area contributed by atoms with E-state index in [9.17, 15) is 8.78 Å². The van der Waals surface area contributed by atoms with Crippen molar-refractivity contribution in [2.45, 2.75) is 6.54 Å². The summed E-state index contributed by atoms with van der Waals surface area (Å²) in [5.41, 5.74) is 1.13. The van der Waals surface area contributed by atoms with Gasteiger partial charge in [0.2, 0.25) is 0 Å². The van der Waals surface area contributed by atoms with Crippen LogP contribution in [0.5, 0.6) is 0 Å². The first-order chi connectivity index (χ1) is 9.16. The maximum absolute atomic E-state index is 13.7. The van der Waals surface area contributed by atoms with Gasteiger partial charge in [0.05, 0.1) is 12.1 Å². The van der Waals surface area contributed by atoms with E-state index in [1.165, 1.54) is 12.1 Å². The molecule has 3 aromatic rings. The molecular formula is C15H10ClF2N. The highest BCUT2D eigenvalue weighted by atomic mass is 35.5. The van der Waals surface area contributed by atoms with E-state index >= 15 is 0 Å². The zero-order valence-electron chi connectivity index (χ0n) is 9.91. The predicted molar refractivity (Wildman–Crippen MR) is 72.4 cm³/mol. The summed E-state index contributed by atoms with van der Waals surface area (Å²) in [6.45, 7) is 0.276. The molecule has 0 saturated heterocycles. The Morgan fingerprint density at radius 1 is 0.947 bits per heavy atom. The van der Waals surface area contributed by atoms with Crippen LogP contribution in [0.25, 0.3) is 10.9 Å². The quantitative estimate of drug-likeness (QED) is 0.644. The second kappa shape index (κ2) is 4.67. The first-order valence-electron chi connectivity index (χ1n) is 5.83. The van der Waals surface area contributed by atoms with E-state index in [-0.39, 0.29) is 18.2 Å². The zero-order valence-corrected chi connectivity index (χ0v) is 10.7. The second-order valence-corrected chi connectivity index (χ2v) is 4.72. The van der Waals surface area contributed by atoms with Crippen molar-refractivity contribution >= 4 is 22.5 Å². The van der Waals surface area contributed by atoms with Gasteiger partial charge < -0.3 is 4.57 Å². The fourth-order valence-corrected chi connectivity index (χ4v) is 2.40. The van der Waals surface area contributed by atoms with Crippen LogP contribution in [-0.4, -0.2) is 4.57 Å². The van der Waals surface area contributed by atoms with Gasteiger partial charge in [0, 0.05) is 22.2 Å². The van der Waals surface area contributed by atoms with Crippen molar-refractivity contribution in [3.05, 3.63) is 70.9 Å². The van der Waals surface area contributed by atoms with E-state index < -0.39 is 0 Å². The SMILES string of the molecule is Fc1cccc(Cl)c1Cn1ccc2c(F)cccc21. The number of hydrogen-bond donors (Lipinski definition) is 0. The van der Waals surface area contributed by atoms with E-state index in [4.69, 9.17) is 11.6 Å². The molecule has 0 radical (unpaired) electrons. The van der Waals surface area contributed by atoms with Gasteiger partial charge in [-0.1, -0.05) is 23.7 Å². The standard InChI is InChI=1S/C15H10ClF2N/c16-12-3-1-4-14(18)11(12)9-19-8-7-10-13(17)5-2-6-15(10)19/h1-8H,9H2. The highest BCUT2D eigenvalue weighted by molar-refractivity contribution is 6.31. The largest absolute Gasteiger partial charge is 0.343 e. The first-order valence-corrected chi connectivity index (χ1v) is 6.21. The van der Waals surface area contributed by atoms with Crippen molar-refractivity contribution < 1.29 is 8.78 Å². The molecule has 96 valence electrons. The van der Waals surface area contributed by atoms with Crippen LogP contribution < -0.4 is 0 Å². The summed E-state index contributed by atoms with van der Waals surface area (Å²) in [7, 11) is 0. The van der Waals surface area contributed by atoms with Crippen LogP contribution in [0.4, 0.5) is 8.78 Å². The zero-order chi connectivity index (χ0) is 13.4. The number of aromatic nitrogens is 1. The molecule has 0 aliphatic heterocycles. The summed E-state index contributed by atoms with van der Waals surface area (Å²) in [5, 5.41) is 0.896. The van der Waals surface area contributed by atoms with Crippen molar-refractivity contribution in [3.8, 4) is 0 Å². The summed E-state index contributed by atoms with van der Waals surface area (Å²) in [6, 6.07) is 11.1. The topological polar surface area (TPSA) is 4.93 Å². The second-order valence-electron chi connectivity index (χ2n) is 4.32. The molecule has 0 bridgehead atoms. The minimum Gasteiger partial charge on any atom is -0.343 e. The fraction of sp³-hybridized carbons (Fsp3) is 0.0667. The lowest BCUT2D eigenvalue weighted by atomic mass is 10.2. The van der Waals surface area contributed by atoms with E-state index in [1.807, 2.05) is 0 Å². The molecule has 0 aliphatic carbocycles. The van der Waals surface area contributed by atoms with Crippen molar-refractivity contribution in [2.75, 3.05) is 0 Å². The molecule has 19 heavy (non-hydrogen) atoms. The summed E-state index contributed by atoms with van der Waals surface area (Å²) in [4.78, 5) is 0. The third kappa shape index (κ3) is 2.10. The Morgan fingerprint density at radius 2 is 1.68 bits per heavy atom. The molecule has 3 rings (SSSR count). The van der Waals surface area contributed by atoms with E-state index in [1.54, 1.807) is 41.1 Å². The summed E-state index contributed by atoms with van der Waals surface area (Å²) in [6.07, 6.45) is 1.73. The molecule has 4 heteroatoms. The van der Waals surface area contributed by atoms with Gasteiger partial charge in [-0.15, -0.1) is 0 Å². The van der Waals surface area contributed by atoms with Crippen molar-refractivity contribution in [1.29, 1.82) is 0 Å². The molecule has 0 spiro atoms. The van der Waals surface area contributed by atoms with Crippen LogP contribution in [0.1, 0.15) is 5.56 Å². The molecule has 0 N–H and O–H groups in total. The Hall–Kier alpha value is -1.87. The molecule has 0 amide bonds. The first kappa shape index (κ1) is 12.2. The Kier molecular flexibility index (Phi) is 2.99. The van der Waals surface area contributed by atoms with Crippen LogP contribution in [-0.2, 0) is 6.54 Å². The molecule has 0 atom stereocenters. The van der Waals surface area contributed by atoms with Crippen LogP contribution >= 0.6 is 11.6 Å². The van der Waals surface area contributed by atoms with Crippen LogP contribution in [0, 0.1) is 11.6 Å². The lowest BCUT2D eigenvalue weighted by Gasteiger charge is -2.08. The molecule has 1 aromatic heterocycles. The van der Waals surface area contributed by atoms with E-state index in [0.717, 1.165) is 5.52 Å². The van der Waals surface area contributed by atoms with Gasteiger partial charge in [-0.25, -0.2) is 8.78 Å². The molecule has 2 aromatic carbocycles. The minimum absolute atomic E-state index is 0.276. The van der Waals surface area contributed by atoms with Gasteiger partial charge in [-0.2, -0.15) is 0 Å². The highest BCUT2D eigenvalue weighted by Crippen LogP contribution is 2.24. The normalized spacial score (nSPS) is 11.1. The molecule has 1 nitrogen and oxygen atoms in total. The maximum Gasteiger partial charge on any atom is 0.132 e. The average Bonchev–Trinajstić information content (AvgIpc) is 2.79. The maximum atomic E-state index is 13.7. The van der Waals surface area contributed by atoms with Crippen LogP contribution in [0.2, 0.25) is 5.02 Å². The molecule has 0 aliphatic rings. The van der Waals surface area contributed by atoms with Crippen molar-refractivity contribution in [2.24, 2.45) is 0 Å². The number of nitrogens with zero attached hydrogens (tertiary/aromatic N) is 1. The van der Waals surface area contributed by atoms with Gasteiger partial charge in [0.15, 0.2) is 0 Å². The molecule has 1 heterocycles. The van der Waals surface area contributed by atoms with Gasteiger partial charge in [-0.3, -0.25) is 0 Å². The Labute approximate surface area is 114 Å². The summed E-state index contributed by atoms with van der Waals surface area (Å²) >= 11 is 6.00. The summed E-state index contributed by atoms with van der Waals surface area (Å²) in [5.74, 6) is -0.637. The Balaban J connectivity index is 2.09. The number of rotatable bonds is 2. The van der Waals surface area contributed by atoms with Crippen LogP contribution in [0.15, 0.2) is 48.7 Å². The van der Waals surface area contributed by atoms with E-state index in [2.05, 4.69) is 0 Å². The van der Waals surface area contributed by atoms with Crippen LogP contribution in [0.3, 0.4) is 0 Å². The number of fused-ring (bicyclic) bond motifs is 1. The third-order valence-corrected chi connectivity index (χ3v) is 3.50. The smallest absolute Gasteiger partial charge is 0.132 e. The predicted octanol–water partition coefficient (Wildman–Crippen LogP) is 4.62. The van der Waals surface area contributed by atoms with Gasteiger partial charge in [0.1, 0.15) is 11.6 Å². The highest BCUT2D eigenvalue weighted by Gasteiger charge is 2.10. The number of hydrogen-bond acceptors (Lipinski definition) is 0. The molecular weight excluding hydrogens is 268 g/mol. The Morgan fingerprint density at radius 3 is 2.47 bits per heavy atom. The third-order valence-electron chi connectivity index (χ3n) is 3.15.